The second kappa shape index (κ2) is 11.8. The number of ether oxygens (including phenoxy) is 2. The number of nitrogens with one attached hydrogen (secondary N) is 1. The summed E-state index contributed by atoms with van der Waals surface area (Å²) >= 11 is 0. The summed E-state index contributed by atoms with van der Waals surface area (Å²) < 4.78 is 10.5. The number of benzene rings is 2. The fourth-order valence-corrected chi connectivity index (χ4v) is 4.01. The molecule has 8 heteroatoms. The fraction of sp³-hybridized carbons (Fsp3) is 0.423. The van der Waals surface area contributed by atoms with Crippen LogP contribution in [0.3, 0.4) is 0 Å². The Morgan fingerprint density at radius 3 is 2.65 bits per heavy atom. The summed E-state index contributed by atoms with van der Waals surface area (Å²) in [5.41, 5.74) is 4.65. The van der Waals surface area contributed by atoms with Gasteiger partial charge in [0.25, 0.3) is 5.91 Å². The summed E-state index contributed by atoms with van der Waals surface area (Å²) in [5.74, 6) is -0.347. The monoisotopic (exact) mass is 464 g/mol. The highest BCUT2D eigenvalue weighted by atomic mass is 16.5. The predicted molar refractivity (Wildman–Crippen MR) is 131 cm³/mol. The van der Waals surface area contributed by atoms with E-state index in [9.17, 15) is 9.59 Å². The molecule has 34 heavy (non-hydrogen) atoms. The lowest BCUT2D eigenvalue weighted by molar-refractivity contribution is -0.145. The maximum absolute atomic E-state index is 12.8. The van der Waals surface area contributed by atoms with Gasteiger partial charge in [0.2, 0.25) is 0 Å². The van der Waals surface area contributed by atoms with E-state index in [1.165, 1.54) is 5.56 Å². The molecule has 0 saturated carbocycles. The van der Waals surface area contributed by atoms with Crippen LogP contribution in [0.15, 0.2) is 47.6 Å². The first-order chi connectivity index (χ1) is 16.6. The van der Waals surface area contributed by atoms with Gasteiger partial charge in [0.15, 0.2) is 0 Å². The molecule has 1 N–H and O–H groups in total. The number of hydrazone groups is 1. The normalized spacial score (nSPS) is 16.3. The van der Waals surface area contributed by atoms with E-state index >= 15 is 0 Å². The lowest BCUT2D eigenvalue weighted by atomic mass is 9.99. The Labute approximate surface area is 200 Å². The van der Waals surface area contributed by atoms with Crippen molar-refractivity contribution < 1.29 is 19.1 Å². The Kier molecular flexibility index (Phi) is 8.27. The van der Waals surface area contributed by atoms with Crippen LogP contribution in [0.4, 0.5) is 5.69 Å². The third-order valence-corrected chi connectivity index (χ3v) is 5.91. The van der Waals surface area contributed by atoms with Crippen molar-refractivity contribution in [3.05, 3.63) is 64.7 Å². The van der Waals surface area contributed by atoms with Crippen molar-refractivity contribution >= 4 is 23.8 Å². The molecule has 2 aliphatic rings. The van der Waals surface area contributed by atoms with Crippen molar-refractivity contribution in [2.75, 3.05) is 51.3 Å². The number of hydrogen-bond acceptors (Lipinski definition) is 7. The third kappa shape index (κ3) is 6.65. The smallest absolute Gasteiger partial charge is 0.320 e. The average Bonchev–Trinajstić information content (AvgIpc) is 2.87. The molecule has 8 nitrogen and oxygen atoms in total. The largest absolute Gasteiger partial charge is 0.465 e. The highest BCUT2D eigenvalue weighted by Crippen LogP contribution is 2.23. The van der Waals surface area contributed by atoms with Crippen LogP contribution in [0.1, 0.15) is 40.4 Å². The molecule has 2 aliphatic heterocycles. The van der Waals surface area contributed by atoms with Crippen molar-refractivity contribution in [2.45, 2.75) is 26.3 Å². The topological polar surface area (TPSA) is 83.5 Å². The molecule has 0 aromatic heterocycles. The zero-order valence-corrected chi connectivity index (χ0v) is 19.7. The zero-order valence-electron chi connectivity index (χ0n) is 19.7. The molecular formula is C26H32N4O4. The minimum Gasteiger partial charge on any atom is -0.465 e. The first-order valence-corrected chi connectivity index (χ1v) is 11.9. The van der Waals surface area contributed by atoms with E-state index in [1.807, 2.05) is 36.2 Å². The predicted octanol–water partition coefficient (Wildman–Crippen LogP) is 2.92. The van der Waals surface area contributed by atoms with Gasteiger partial charge in [-0.2, -0.15) is 5.10 Å². The summed E-state index contributed by atoms with van der Waals surface area (Å²) in [6, 6.07) is 13.4. The van der Waals surface area contributed by atoms with Crippen LogP contribution in [-0.4, -0.2) is 74.0 Å². The standard InChI is InChI=1S/C26H32N4O4/c1-2-13-34-25(31)19-29-10-9-21-7-8-24(16-23(21)18-29)28-26(32)22-5-3-20(4-6-22)17-27-30-11-14-33-15-12-30/h3-8,16-17H,2,9-15,18-19H2,1H3,(H,28,32). The molecule has 0 aliphatic carbocycles. The van der Waals surface area contributed by atoms with Gasteiger partial charge in [0, 0.05) is 24.3 Å². The van der Waals surface area contributed by atoms with Gasteiger partial charge in [-0.05, 0) is 53.8 Å². The molecule has 1 saturated heterocycles. The van der Waals surface area contributed by atoms with Gasteiger partial charge >= 0.3 is 5.97 Å². The number of fused-ring (bicyclic) bond motifs is 1. The van der Waals surface area contributed by atoms with E-state index in [0.717, 1.165) is 49.3 Å². The Bertz CT molecular complexity index is 1020. The maximum atomic E-state index is 12.8. The van der Waals surface area contributed by atoms with Crippen LogP contribution >= 0.6 is 0 Å². The molecular weight excluding hydrogens is 432 g/mol. The second-order valence-electron chi connectivity index (χ2n) is 8.55. The van der Waals surface area contributed by atoms with Crippen molar-refractivity contribution in [2.24, 2.45) is 5.10 Å². The molecule has 0 unspecified atom stereocenters. The van der Waals surface area contributed by atoms with E-state index in [0.29, 0.717) is 31.9 Å². The van der Waals surface area contributed by atoms with E-state index in [1.54, 1.807) is 18.3 Å². The van der Waals surface area contributed by atoms with Crippen LogP contribution in [0.5, 0.6) is 0 Å². The molecule has 2 aromatic carbocycles. The quantitative estimate of drug-likeness (QED) is 0.478. The Balaban J connectivity index is 1.33. The molecule has 1 amide bonds. The van der Waals surface area contributed by atoms with Crippen molar-refractivity contribution in [3.63, 3.8) is 0 Å². The molecule has 4 rings (SSSR count). The van der Waals surface area contributed by atoms with Gasteiger partial charge in [0.05, 0.1) is 45.7 Å². The molecule has 2 aromatic rings. The van der Waals surface area contributed by atoms with Gasteiger partial charge < -0.3 is 14.8 Å². The Morgan fingerprint density at radius 1 is 1.09 bits per heavy atom. The number of hydrogen-bond donors (Lipinski definition) is 1. The van der Waals surface area contributed by atoms with Crippen molar-refractivity contribution in [3.8, 4) is 0 Å². The average molecular weight is 465 g/mol. The lowest BCUT2D eigenvalue weighted by Crippen LogP contribution is -2.35. The van der Waals surface area contributed by atoms with Crippen LogP contribution in [0, 0.1) is 0 Å². The van der Waals surface area contributed by atoms with Gasteiger partial charge in [-0.25, -0.2) is 0 Å². The lowest BCUT2D eigenvalue weighted by Gasteiger charge is -2.28. The van der Waals surface area contributed by atoms with Crippen molar-refractivity contribution in [1.29, 1.82) is 0 Å². The van der Waals surface area contributed by atoms with E-state index in [-0.39, 0.29) is 18.4 Å². The summed E-state index contributed by atoms with van der Waals surface area (Å²) in [6.45, 7) is 7.19. The fourth-order valence-electron chi connectivity index (χ4n) is 4.01. The van der Waals surface area contributed by atoms with Crippen LogP contribution in [0.2, 0.25) is 0 Å². The van der Waals surface area contributed by atoms with Gasteiger partial charge in [-0.15, -0.1) is 0 Å². The van der Waals surface area contributed by atoms with Gasteiger partial charge in [-0.3, -0.25) is 19.5 Å². The second-order valence-corrected chi connectivity index (χ2v) is 8.55. The minimum absolute atomic E-state index is 0.160. The zero-order chi connectivity index (χ0) is 23.8. The SMILES string of the molecule is CCCOC(=O)CN1CCc2ccc(NC(=O)c3ccc(C=NN4CCOCC4)cc3)cc2C1. The highest BCUT2D eigenvalue weighted by molar-refractivity contribution is 6.04. The Morgan fingerprint density at radius 2 is 1.88 bits per heavy atom. The number of nitrogens with zero attached hydrogens (tertiary/aromatic N) is 3. The molecule has 0 atom stereocenters. The summed E-state index contributed by atoms with van der Waals surface area (Å²) in [7, 11) is 0. The molecule has 180 valence electrons. The summed E-state index contributed by atoms with van der Waals surface area (Å²) in [4.78, 5) is 26.8. The number of carbonyl (C=O) groups is 2. The van der Waals surface area contributed by atoms with Gasteiger partial charge in [0.1, 0.15) is 0 Å². The highest BCUT2D eigenvalue weighted by Gasteiger charge is 2.20. The summed E-state index contributed by atoms with van der Waals surface area (Å²) in [6.07, 6.45) is 3.50. The maximum Gasteiger partial charge on any atom is 0.320 e. The van der Waals surface area contributed by atoms with Crippen LogP contribution in [-0.2, 0) is 27.2 Å². The summed E-state index contributed by atoms with van der Waals surface area (Å²) in [5, 5.41) is 9.44. The van der Waals surface area contributed by atoms with Crippen LogP contribution in [0.25, 0.3) is 0 Å². The molecule has 0 radical (unpaired) electrons. The van der Waals surface area contributed by atoms with E-state index < -0.39 is 0 Å². The van der Waals surface area contributed by atoms with Crippen molar-refractivity contribution in [1.82, 2.24) is 9.91 Å². The number of carbonyl (C=O) groups excluding carboxylic acids is 2. The first-order valence-electron chi connectivity index (χ1n) is 11.9. The molecule has 0 bridgehead atoms. The van der Waals surface area contributed by atoms with Crippen LogP contribution < -0.4 is 5.32 Å². The number of anilines is 1. The number of amides is 1. The third-order valence-electron chi connectivity index (χ3n) is 5.91. The molecule has 1 fully saturated rings. The van der Waals surface area contributed by atoms with E-state index in [2.05, 4.69) is 21.4 Å². The number of rotatable bonds is 8. The Hall–Kier alpha value is -3.23. The first kappa shape index (κ1) is 23.9. The molecule has 0 spiro atoms. The molecule has 2 heterocycles. The number of morpholine rings is 1. The van der Waals surface area contributed by atoms with E-state index in [4.69, 9.17) is 9.47 Å². The minimum atomic E-state index is -0.187. The number of esters is 1. The van der Waals surface area contributed by atoms with Gasteiger partial charge in [-0.1, -0.05) is 25.1 Å².